The summed E-state index contributed by atoms with van der Waals surface area (Å²) >= 11 is 0. The van der Waals surface area contributed by atoms with Gasteiger partial charge in [-0.15, -0.1) is 0 Å². The number of hydrogen-bond acceptors (Lipinski definition) is 3. The quantitative estimate of drug-likeness (QED) is 0.770. The molecule has 3 nitrogen and oxygen atoms in total. The van der Waals surface area contributed by atoms with Crippen molar-refractivity contribution in [1.82, 2.24) is 5.32 Å². The molecular formula is C12H19NO2. The number of furan rings is 1. The molecule has 1 aliphatic heterocycles. The topological polar surface area (TPSA) is 34.4 Å². The first-order valence-electron chi connectivity index (χ1n) is 5.56. The van der Waals surface area contributed by atoms with E-state index in [-0.39, 0.29) is 6.10 Å². The standard InChI is InChI=1S/C12H19NO2/c1-8-5-13-6-12(14-7-8)11-4-9(2)15-10(11)3/h4,8,12-13H,5-7H2,1-3H3. The largest absolute Gasteiger partial charge is 0.466 e. The van der Waals surface area contributed by atoms with Crippen LogP contribution in [0.15, 0.2) is 10.5 Å². The molecule has 0 radical (unpaired) electrons. The van der Waals surface area contributed by atoms with E-state index in [0.29, 0.717) is 5.92 Å². The summed E-state index contributed by atoms with van der Waals surface area (Å²) in [5.41, 5.74) is 1.19. The molecule has 0 bridgehead atoms. The summed E-state index contributed by atoms with van der Waals surface area (Å²) < 4.78 is 11.4. The van der Waals surface area contributed by atoms with E-state index in [1.807, 2.05) is 13.8 Å². The summed E-state index contributed by atoms with van der Waals surface area (Å²) in [6.07, 6.45) is 0.146. The van der Waals surface area contributed by atoms with Crippen LogP contribution in [0.25, 0.3) is 0 Å². The molecule has 2 atom stereocenters. The van der Waals surface area contributed by atoms with E-state index in [4.69, 9.17) is 9.15 Å². The second-order valence-corrected chi connectivity index (χ2v) is 4.45. The number of rotatable bonds is 1. The third-order valence-corrected chi connectivity index (χ3v) is 2.83. The number of ether oxygens (including phenoxy) is 1. The van der Waals surface area contributed by atoms with Crippen molar-refractivity contribution in [1.29, 1.82) is 0 Å². The Morgan fingerprint density at radius 3 is 2.80 bits per heavy atom. The van der Waals surface area contributed by atoms with Crippen LogP contribution in [0, 0.1) is 19.8 Å². The minimum Gasteiger partial charge on any atom is -0.466 e. The Labute approximate surface area is 90.8 Å². The third kappa shape index (κ3) is 2.41. The van der Waals surface area contributed by atoms with Gasteiger partial charge in [-0.25, -0.2) is 0 Å². The van der Waals surface area contributed by atoms with Crippen LogP contribution < -0.4 is 5.32 Å². The smallest absolute Gasteiger partial charge is 0.106 e. The van der Waals surface area contributed by atoms with E-state index in [1.54, 1.807) is 0 Å². The van der Waals surface area contributed by atoms with Gasteiger partial charge in [0.2, 0.25) is 0 Å². The second kappa shape index (κ2) is 4.37. The average Bonchev–Trinajstić information content (AvgIpc) is 2.39. The molecule has 0 amide bonds. The first-order chi connectivity index (χ1) is 7.16. The van der Waals surface area contributed by atoms with Gasteiger partial charge in [0.15, 0.2) is 0 Å². The summed E-state index contributed by atoms with van der Waals surface area (Å²) in [5, 5.41) is 3.42. The molecule has 2 rings (SSSR count). The molecule has 2 heterocycles. The zero-order chi connectivity index (χ0) is 10.8. The fourth-order valence-electron chi connectivity index (χ4n) is 2.03. The molecular weight excluding hydrogens is 190 g/mol. The second-order valence-electron chi connectivity index (χ2n) is 4.45. The molecule has 1 N–H and O–H groups in total. The van der Waals surface area contributed by atoms with Gasteiger partial charge in [0.25, 0.3) is 0 Å². The van der Waals surface area contributed by atoms with E-state index in [2.05, 4.69) is 18.3 Å². The Bertz CT molecular complexity index is 332. The van der Waals surface area contributed by atoms with Crippen molar-refractivity contribution in [3.8, 4) is 0 Å². The normalized spacial score (nSPS) is 27.7. The number of hydrogen-bond donors (Lipinski definition) is 1. The van der Waals surface area contributed by atoms with Crippen LogP contribution in [0.5, 0.6) is 0 Å². The summed E-state index contributed by atoms with van der Waals surface area (Å²) in [4.78, 5) is 0. The van der Waals surface area contributed by atoms with Gasteiger partial charge < -0.3 is 14.5 Å². The maximum Gasteiger partial charge on any atom is 0.106 e. The van der Waals surface area contributed by atoms with Crippen LogP contribution in [0.3, 0.4) is 0 Å². The van der Waals surface area contributed by atoms with E-state index >= 15 is 0 Å². The monoisotopic (exact) mass is 209 g/mol. The van der Waals surface area contributed by atoms with Crippen molar-refractivity contribution in [2.24, 2.45) is 5.92 Å². The van der Waals surface area contributed by atoms with E-state index in [1.165, 1.54) is 5.56 Å². The average molecular weight is 209 g/mol. The molecule has 15 heavy (non-hydrogen) atoms. The van der Waals surface area contributed by atoms with Crippen molar-refractivity contribution < 1.29 is 9.15 Å². The summed E-state index contributed by atoms with van der Waals surface area (Å²) in [5.74, 6) is 2.53. The Kier molecular flexibility index (Phi) is 3.12. The highest BCUT2D eigenvalue weighted by molar-refractivity contribution is 5.23. The van der Waals surface area contributed by atoms with Gasteiger partial charge >= 0.3 is 0 Å². The van der Waals surface area contributed by atoms with Gasteiger partial charge in [-0.2, -0.15) is 0 Å². The van der Waals surface area contributed by atoms with Crippen molar-refractivity contribution >= 4 is 0 Å². The lowest BCUT2D eigenvalue weighted by Gasteiger charge is -2.14. The van der Waals surface area contributed by atoms with Crippen LogP contribution >= 0.6 is 0 Å². The minimum atomic E-state index is 0.146. The van der Waals surface area contributed by atoms with Crippen LogP contribution in [0.2, 0.25) is 0 Å². The van der Waals surface area contributed by atoms with Gasteiger partial charge in [-0.1, -0.05) is 6.92 Å². The van der Waals surface area contributed by atoms with E-state index < -0.39 is 0 Å². The van der Waals surface area contributed by atoms with Gasteiger partial charge in [0.1, 0.15) is 11.5 Å². The predicted octanol–water partition coefficient (Wildman–Crippen LogP) is 2.19. The first-order valence-corrected chi connectivity index (χ1v) is 5.56. The molecule has 1 fully saturated rings. The van der Waals surface area contributed by atoms with Crippen LogP contribution in [0.4, 0.5) is 0 Å². The fraction of sp³-hybridized carbons (Fsp3) is 0.667. The molecule has 1 aromatic rings. The zero-order valence-corrected chi connectivity index (χ0v) is 9.67. The van der Waals surface area contributed by atoms with Crippen molar-refractivity contribution in [2.45, 2.75) is 26.9 Å². The summed E-state index contributed by atoms with van der Waals surface area (Å²) in [6, 6.07) is 2.08. The molecule has 0 aliphatic carbocycles. The van der Waals surface area contributed by atoms with Gasteiger partial charge in [-0.3, -0.25) is 0 Å². The van der Waals surface area contributed by atoms with Crippen LogP contribution in [0.1, 0.15) is 30.1 Å². The fourth-order valence-corrected chi connectivity index (χ4v) is 2.03. The van der Waals surface area contributed by atoms with Crippen LogP contribution in [-0.4, -0.2) is 19.7 Å². The lowest BCUT2D eigenvalue weighted by atomic mass is 10.1. The summed E-state index contributed by atoms with van der Waals surface area (Å²) in [6.45, 7) is 8.91. The molecule has 0 aromatic carbocycles. The molecule has 84 valence electrons. The first kappa shape index (κ1) is 10.7. The highest BCUT2D eigenvalue weighted by Gasteiger charge is 2.21. The highest BCUT2D eigenvalue weighted by Crippen LogP contribution is 2.25. The Hall–Kier alpha value is -0.800. The molecule has 0 spiro atoms. The predicted molar refractivity (Wildman–Crippen MR) is 58.9 cm³/mol. The maximum absolute atomic E-state index is 5.87. The molecule has 1 saturated heterocycles. The number of aryl methyl sites for hydroxylation is 2. The third-order valence-electron chi connectivity index (χ3n) is 2.83. The summed E-state index contributed by atoms with van der Waals surface area (Å²) in [7, 11) is 0. The zero-order valence-electron chi connectivity index (χ0n) is 9.67. The highest BCUT2D eigenvalue weighted by atomic mass is 16.5. The lowest BCUT2D eigenvalue weighted by molar-refractivity contribution is 0.0506. The maximum atomic E-state index is 5.87. The Morgan fingerprint density at radius 2 is 2.13 bits per heavy atom. The van der Waals surface area contributed by atoms with E-state index in [9.17, 15) is 0 Å². The molecule has 1 aliphatic rings. The molecule has 2 unspecified atom stereocenters. The van der Waals surface area contributed by atoms with E-state index in [0.717, 1.165) is 31.2 Å². The lowest BCUT2D eigenvalue weighted by Crippen LogP contribution is -2.22. The number of nitrogens with one attached hydrogen (secondary N) is 1. The van der Waals surface area contributed by atoms with Gasteiger partial charge in [0.05, 0.1) is 12.7 Å². The molecule has 0 saturated carbocycles. The Morgan fingerprint density at radius 1 is 1.33 bits per heavy atom. The van der Waals surface area contributed by atoms with Crippen molar-refractivity contribution in [2.75, 3.05) is 19.7 Å². The molecule has 3 heteroatoms. The molecule has 1 aromatic heterocycles. The SMILES string of the molecule is Cc1cc(C2CNCC(C)CO2)c(C)o1. The van der Waals surface area contributed by atoms with Crippen molar-refractivity contribution in [3.05, 3.63) is 23.2 Å². The Balaban J connectivity index is 2.12. The van der Waals surface area contributed by atoms with Crippen LogP contribution in [-0.2, 0) is 4.74 Å². The van der Waals surface area contributed by atoms with Gasteiger partial charge in [0, 0.05) is 18.7 Å². The van der Waals surface area contributed by atoms with Gasteiger partial charge in [-0.05, 0) is 25.8 Å². The minimum absolute atomic E-state index is 0.146. The van der Waals surface area contributed by atoms with Crippen molar-refractivity contribution in [3.63, 3.8) is 0 Å².